The molecule has 6 nitrogen and oxygen atoms in total. The minimum Gasteiger partial charge on any atom is -0.244 e. The van der Waals surface area contributed by atoms with Crippen LogP contribution in [0.15, 0.2) is 92.8 Å². The van der Waals surface area contributed by atoms with E-state index in [2.05, 4.69) is 68.5 Å². The molecule has 0 saturated carbocycles. The minimum atomic E-state index is -0.459. The molecule has 0 aromatic heterocycles. The lowest BCUT2D eigenvalue weighted by atomic mass is 10.0. The molecule has 0 fully saturated rings. The van der Waals surface area contributed by atoms with Crippen LogP contribution in [0.1, 0.15) is 22.3 Å². The summed E-state index contributed by atoms with van der Waals surface area (Å²) < 4.78 is 0. The monoisotopic (exact) mass is 440 g/mol. The smallest absolute Gasteiger partial charge is 0.244 e. The molecule has 0 spiro atoms. The number of hydrogen-bond donors (Lipinski definition) is 0. The van der Waals surface area contributed by atoms with Crippen molar-refractivity contribution in [3.05, 3.63) is 95.1 Å². The largest absolute Gasteiger partial charge is 0.367 e. The van der Waals surface area contributed by atoms with Crippen LogP contribution in [0.4, 0.5) is 9.59 Å². The number of carbonyl (C=O) groups is 2. The molecule has 4 aromatic carbocycles. The van der Waals surface area contributed by atoms with Gasteiger partial charge in [0.1, 0.15) is 0 Å². The standard InChI is InChI=1S/C28H16N4O2/c33-27-29-15-25(31-27)23-9-7-19-11-17(3-5-21(19)13-23)1-2-18-4-6-22-14-24(10-8-20(22)12-18)26-16-30-28(34)32-26/h1-16H. The van der Waals surface area contributed by atoms with Crippen LogP contribution < -0.4 is 0 Å². The molecule has 0 bridgehead atoms. The van der Waals surface area contributed by atoms with E-state index in [9.17, 15) is 9.59 Å². The fourth-order valence-corrected chi connectivity index (χ4v) is 4.08. The maximum Gasteiger partial charge on any atom is 0.367 e. The first-order valence-corrected chi connectivity index (χ1v) is 10.7. The van der Waals surface area contributed by atoms with Crippen LogP contribution >= 0.6 is 0 Å². The van der Waals surface area contributed by atoms with E-state index in [-0.39, 0.29) is 0 Å². The summed E-state index contributed by atoms with van der Waals surface area (Å²) in [5, 5.41) is 4.36. The van der Waals surface area contributed by atoms with E-state index in [1.165, 1.54) is 12.4 Å². The molecule has 2 aliphatic heterocycles. The predicted molar refractivity (Wildman–Crippen MR) is 138 cm³/mol. The molecule has 0 N–H and O–H groups in total. The molecule has 2 heterocycles. The number of carbonyl (C=O) groups excluding carboxylic acids is 2. The first-order valence-electron chi connectivity index (χ1n) is 10.7. The van der Waals surface area contributed by atoms with E-state index in [0.29, 0.717) is 11.4 Å². The van der Waals surface area contributed by atoms with Crippen molar-refractivity contribution in [3.63, 3.8) is 0 Å². The Hall–Kier alpha value is -4.84. The van der Waals surface area contributed by atoms with Crippen molar-refractivity contribution in [3.8, 4) is 0 Å². The maximum atomic E-state index is 11.3. The van der Waals surface area contributed by atoms with Gasteiger partial charge in [0.25, 0.3) is 0 Å². The quantitative estimate of drug-likeness (QED) is 0.357. The highest BCUT2D eigenvalue weighted by atomic mass is 16.2. The van der Waals surface area contributed by atoms with Crippen LogP contribution in [0.2, 0.25) is 0 Å². The Morgan fingerprint density at radius 1 is 0.500 bits per heavy atom. The van der Waals surface area contributed by atoms with Crippen LogP contribution in [0, 0.1) is 0 Å². The van der Waals surface area contributed by atoms with Gasteiger partial charge in [0, 0.05) is 11.1 Å². The highest BCUT2D eigenvalue weighted by molar-refractivity contribution is 6.44. The second-order valence-corrected chi connectivity index (χ2v) is 8.05. The fourth-order valence-electron chi connectivity index (χ4n) is 4.08. The van der Waals surface area contributed by atoms with Gasteiger partial charge < -0.3 is 0 Å². The van der Waals surface area contributed by atoms with Crippen molar-refractivity contribution < 1.29 is 9.59 Å². The topological polar surface area (TPSA) is 83.6 Å². The van der Waals surface area contributed by atoms with Gasteiger partial charge in [-0.2, -0.15) is 20.0 Å². The molecular weight excluding hydrogens is 424 g/mol. The number of benzene rings is 4. The van der Waals surface area contributed by atoms with Gasteiger partial charge in [0.15, 0.2) is 0 Å². The normalized spacial score (nSPS) is 15.2. The predicted octanol–water partition coefficient (Wildman–Crippen LogP) is 6.15. The molecule has 2 aliphatic rings. The Morgan fingerprint density at radius 3 is 1.32 bits per heavy atom. The number of hydrogen-bond acceptors (Lipinski definition) is 2. The second-order valence-electron chi connectivity index (χ2n) is 8.05. The van der Waals surface area contributed by atoms with Gasteiger partial charge in [-0.1, -0.05) is 60.7 Å². The Bertz CT molecular complexity index is 1560. The first kappa shape index (κ1) is 19.8. The van der Waals surface area contributed by atoms with Gasteiger partial charge in [-0.3, -0.25) is 0 Å². The summed E-state index contributed by atoms with van der Waals surface area (Å²) in [6.07, 6.45) is 7.18. The number of fused-ring (bicyclic) bond motifs is 2. The Kier molecular flexibility index (Phi) is 4.63. The van der Waals surface area contributed by atoms with Crippen molar-refractivity contribution in [1.29, 1.82) is 0 Å². The van der Waals surface area contributed by atoms with Crippen molar-refractivity contribution in [2.45, 2.75) is 0 Å². The van der Waals surface area contributed by atoms with E-state index >= 15 is 0 Å². The van der Waals surface area contributed by atoms with E-state index in [1.54, 1.807) is 0 Å². The SMILES string of the molecule is O=C1N=CC(c2ccc3cc(C=Cc4ccc5cc(C6=NC(=O)N=C6)ccc5c4)ccc3c2)=N1. The summed E-state index contributed by atoms with van der Waals surface area (Å²) in [6.45, 7) is 0. The molecule has 6 heteroatoms. The van der Waals surface area contributed by atoms with Gasteiger partial charge in [0.2, 0.25) is 0 Å². The number of aliphatic imine (C=N–C) groups is 4. The lowest BCUT2D eigenvalue weighted by Gasteiger charge is -2.04. The summed E-state index contributed by atoms with van der Waals surface area (Å²) in [5.74, 6) is 0. The number of nitrogens with zero attached hydrogens (tertiary/aromatic N) is 4. The molecule has 4 amide bonds. The summed E-state index contributed by atoms with van der Waals surface area (Å²) in [6, 6.07) is 23.6. The van der Waals surface area contributed by atoms with Gasteiger partial charge in [0.05, 0.1) is 23.9 Å². The van der Waals surface area contributed by atoms with Gasteiger partial charge >= 0.3 is 12.1 Å². The van der Waals surface area contributed by atoms with Crippen molar-refractivity contribution in [1.82, 2.24) is 0 Å². The van der Waals surface area contributed by atoms with Gasteiger partial charge in [-0.15, -0.1) is 0 Å². The zero-order chi connectivity index (χ0) is 23.1. The maximum absolute atomic E-state index is 11.3. The highest BCUT2D eigenvalue weighted by Crippen LogP contribution is 2.23. The van der Waals surface area contributed by atoms with E-state index in [0.717, 1.165) is 43.8 Å². The van der Waals surface area contributed by atoms with Gasteiger partial charge in [-0.25, -0.2) is 9.59 Å². The van der Waals surface area contributed by atoms with Crippen molar-refractivity contribution in [2.75, 3.05) is 0 Å². The van der Waals surface area contributed by atoms with Crippen LogP contribution in [-0.4, -0.2) is 35.9 Å². The third-order valence-electron chi connectivity index (χ3n) is 5.82. The lowest BCUT2D eigenvalue weighted by molar-refractivity contribution is 0.256. The van der Waals surface area contributed by atoms with Crippen LogP contribution in [0.25, 0.3) is 33.7 Å². The Labute approximate surface area is 194 Å². The third-order valence-corrected chi connectivity index (χ3v) is 5.82. The molecule has 0 atom stereocenters. The summed E-state index contributed by atoms with van der Waals surface area (Å²) >= 11 is 0. The lowest BCUT2D eigenvalue weighted by Crippen LogP contribution is -1.98. The van der Waals surface area contributed by atoms with Crippen molar-refractivity contribution in [2.24, 2.45) is 20.0 Å². The molecule has 34 heavy (non-hydrogen) atoms. The third kappa shape index (κ3) is 3.78. The van der Waals surface area contributed by atoms with E-state index < -0.39 is 12.1 Å². The first-order chi connectivity index (χ1) is 16.6. The Balaban J connectivity index is 1.25. The molecule has 0 saturated heterocycles. The van der Waals surface area contributed by atoms with E-state index in [4.69, 9.17) is 0 Å². The molecular formula is C28H16N4O2. The number of urea groups is 2. The van der Waals surface area contributed by atoms with E-state index in [1.807, 2.05) is 36.4 Å². The molecule has 0 radical (unpaired) electrons. The molecule has 4 aromatic rings. The zero-order valence-electron chi connectivity index (χ0n) is 17.8. The summed E-state index contributed by atoms with van der Waals surface area (Å²) in [5.41, 5.74) is 5.13. The van der Waals surface area contributed by atoms with Crippen LogP contribution in [-0.2, 0) is 0 Å². The van der Waals surface area contributed by atoms with Crippen molar-refractivity contribution >= 4 is 69.6 Å². The molecule has 0 aliphatic carbocycles. The zero-order valence-corrected chi connectivity index (χ0v) is 17.8. The summed E-state index contributed by atoms with van der Waals surface area (Å²) in [7, 11) is 0. The number of amides is 4. The fraction of sp³-hybridized carbons (Fsp3) is 0. The average Bonchev–Trinajstić information content (AvgIpc) is 3.50. The Morgan fingerprint density at radius 2 is 0.912 bits per heavy atom. The highest BCUT2D eigenvalue weighted by Gasteiger charge is 2.12. The van der Waals surface area contributed by atoms with Crippen LogP contribution in [0.3, 0.4) is 0 Å². The molecule has 6 rings (SSSR count). The number of rotatable bonds is 4. The average molecular weight is 440 g/mol. The van der Waals surface area contributed by atoms with Crippen LogP contribution in [0.5, 0.6) is 0 Å². The molecule has 160 valence electrons. The second kappa shape index (κ2) is 7.94. The molecule has 0 unspecified atom stereocenters. The summed E-state index contributed by atoms with van der Waals surface area (Å²) in [4.78, 5) is 37.7. The van der Waals surface area contributed by atoms with Gasteiger partial charge in [-0.05, 0) is 56.9 Å². The minimum absolute atomic E-state index is 0.459.